The van der Waals surface area contributed by atoms with Gasteiger partial charge in [0.25, 0.3) is 5.91 Å². The number of anilines is 2. The summed E-state index contributed by atoms with van der Waals surface area (Å²) in [6.07, 6.45) is 1.55. The van der Waals surface area contributed by atoms with Crippen LogP contribution in [0.5, 0.6) is 0 Å². The van der Waals surface area contributed by atoms with Crippen LogP contribution in [0.1, 0.15) is 21.6 Å². The number of H-pyrrole nitrogens is 1. The van der Waals surface area contributed by atoms with Crippen LogP contribution < -0.4 is 10.2 Å². The highest BCUT2D eigenvalue weighted by atomic mass is 16.1. The van der Waals surface area contributed by atoms with Gasteiger partial charge in [0, 0.05) is 30.9 Å². The number of aryl methyl sites for hydroxylation is 1. The second-order valence-corrected chi connectivity index (χ2v) is 6.76. The van der Waals surface area contributed by atoms with Crippen molar-refractivity contribution in [2.45, 2.75) is 13.5 Å². The van der Waals surface area contributed by atoms with Gasteiger partial charge in [0.1, 0.15) is 0 Å². The number of benzene rings is 2. The lowest BCUT2D eigenvalue weighted by atomic mass is 10.1. The average Bonchev–Trinajstić information content (AvgIpc) is 3.09. The number of hydrogen-bond acceptors (Lipinski definition) is 4. The van der Waals surface area contributed by atoms with Crippen molar-refractivity contribution in [3.05, 3.63) is 83.7 Å². The summed E-state index contributed by atoms with van der Waals surface area (Å²) in [4.78, 5) is 19.2. The molecule has 2 N–H and O–H groups in total. The number of rotatable bonds is 5. The molecule has 0 saturated carbocycles. The summed E-state index contributed by atoms with van der Waals surface area (Å²) in [6.45, 7) is 2.65. The molecule has 0 unspecified atom stereocenters. The molecule has 4 rings (SSSR count). The van der Waals surface area contributed by atoms with E-state index in [1.54, 1.807) is 6.20 Å². The summed E-state index contributed by atoms with van der Waals surface area (Å²) in [5.41, 5.74) is 4.91. The lowest BCUT2D eigenvalue weighted by Crippen LogP contribution is -2.20. The second-order valence-electron chi connectivity index (χ2n) is 6.76. The number of amides is 1. The van der Waals surface area contributed by atoms with Crippen molar-refractivity contribution in [3.63, 3.8) is 0 Å². The third-order valence-electron chi connectivity index (χ3n) is 4.69. The lowest BCUT2D eigenvalue weighted by molar-refractivity contribution is 0.102. The van der Waals surface area contributed by atoms with Crippen molar-refractivity contribution in [1.29, 1.82) is 0 Å². The van der Waals surface area contributed by atoms with Crippen LogP contribution in [0.3, 0.4) is 0 Å². The van der Waals surface area contributed by atoms with E-state index in [4.69, 9.17) is 0 Å². The van der Waals surface area contributed by atoms with Crippen molar-refractivity contribution >= 4 is 28.3 Å². The normalized spacial score (nSPS) is 10.8. The predicted molar refractivity (Wildman–Crippen MR) is 112 cm³/mol. The molecule has 6 nitrogen and oxygen atoms in total. The maximum atomic E-state index is 12.8. The predicted octanol–water partition coefficient (Wildman–Crippen LogP) is 4.16. The van der Waals surface area contributed by atoms with Gasteiger partial charge < -0.3 is 10.2 Å². The molecule has 4 aromatic rings. The molecule has 0 fully saturated rings. The van der Waals surface area contributed by atoms with E-state index in [1.807, 2.05) is 62.5 Å². The Morgan fingerprint density at radius 1 is 1.11 bits per heavy atom. The molecule has 0 bridgehead atoms. The first-order valence-corrected chi connectivity index (χ1v) is 9.08. The maximum absolute atomic E-state index is 12.8. The number of carbonyl (C=O) groups is 1. The molecule has 0 aliphatic heterocycles. The van der Waals surface area contributed by atoms with Gasteiger partial charge in [0.15, 0.2) is 5.65 Å². The largest absolute Gasteiger partial charge is 0.369 e. The summed E-state index contributed by atoms with van der Waals surface area (Å²) in [6, 6.07) is 19.8. The molecular formula is C22H21N5O. The Morgan fingerprint density at radius 2 is 1.86 bits per heavy atom. The monoisotopic (exact) mass is 371 g/mol. The van der Waals surface area contributed by atoms with E-state index in [0.717, 1.165) is 29.0 Å². The minimum atomic E-state index is -0.199. The first kappa shape index (κ1) is 17.7. The maximum Gasteiger partial charge on any atom is 0.257 e. The highest BCUT2D eigenvalue weighted by Gasteiger charge is 2.14. The number of para-hydroxylation sites is 2. The van der Waals surface area contributed by atoms with Crippen LogP contribution in [0, 0.1) is 6.92 Å². The van der Waals surface area contributed by atoms with Crippen molar-refractivity contribution in [3.8, 4) is 0 Å². The number of fused-ring (bicyclic) bond motifs is 1. The minimum Gasteiger partial charge on any atom is -0.369 e. The Kier molecular flexibility index (Phi) is 4.76. The third kappa shape index (κ3) is 3.57. The van der Waals surface area contributed by atoms with Gasteiger partial charge in [-0.05, 0) is 30.7 Å². The summed E-state index contributed by atoms with van der Waals surface area (Å²) < 4.78 is 0. The molecule has 140 valence electrons. The molecule has 2 heterocycles. The number of carbonyl (C=O) groups excluding carboxylic acids is 1. The van der Waals surface area contributed by atoms with Gasteiger partial charge in [-0.3, -0.25) is 9.89 Å². The number of aromatic amines is 1. The molecule has 0 aliphatic carbocycles. The number of aromatic nitrogens is 3. The lowest BCUT2D eigenvalue weighted by Gasteiger charge is -2.22. The standard InChI is InChI=1S/C22H21N5O/c1-15-18-12-17(13-23-21(18)26-25-15)22(28)24-19-10-6-7-11-20(19)27(2)14-16-8-4-3-5-9-16/h3-13H,14H2,1-2H3,(H,24,28)(H,23,25,26). The highest BCUT2D eigenvalue weighted by molar-refractivity contribution is 6.07. The van der Waals surface area contributed by atoms with Gasteiger partial charge in [-0.25, -0.2) is 4.98 Å². The Bertz CT molecular complexity index is 1120. The smallest absolute Gasteiger partial charge is 0.257 e. The molecule has 2 aromatic heterocycles. The highest BCUT2D eigenvalue weighted by Crippen LogP contribution is 2.26. The summed E-state index contributed by atoms with van der Waals surface area (Å²) >= 11 is 0. The zero-order valence-corrected chi connectivity index (χ0v) is 15.8. The van der Waals surface area contributed by atoms with E-state index in [9.17, 15) is 4.79 Å². The van der Waals surface area contributed by atoms with Crippen LogP contribution in [0.4, 0.5) is 11.4 Å². The van der Waals surface area contributed by atoms with Crippen molar-refractivity contribution in [2.24, 2.45) is 0 Å². The van der Waals surface area contributed by atoms with Crippen LogP contribution in [0.15, 0.2) is 66.9 Å². The van der Waals surface area contributed by atoms with Crippen molar-refractivity contribution in [1.82, 2.24) is 15.2 Å². The molecule has 0 spiro atoms. The molecule has 28 heavy (non-hydrogen) atoms. The van der Waals surface area contributed by atoms with Crippen LogP contribution in [-0.4, -0.2) is 28.1 Å². The zero-order valence-electron chi connectivity index (χ0n) is 15.8. The van der Waals surface area contributed by atoms with Gasteiger partial charge in [-0.1, -0.05) is 42.5 Å². The third-order valence-corrected chi connectivity index (χ3v) is 4.69. The fraction of sp³-hybridized carbons (Fsp3) is 0.136. The van der Waals surface area contributed by atoms with E-state index in [0.29, 0.717) is 11.2 Å². The van der Waals surface area contributed by atoms with Crippen LogP contribution in [0.25, 0.3) is 11.0 Å². The van der Waals surface area contributed by atoms with Crippen molar-refractivity contribution in [2.75, 3.05) is 17.3 Å². The van der Waals surface area contributed by atoms with E-state index in [2.05, 4.69) is 37.5 Å². The van der Waals surface area contributed by atoms with Gasteiger partial charge in [-0.2, -0.15) is 5.10 Å². The number of pyridine rings is 1. The molecule has 0 radical (unpaired) electrons. The molecule has 1 amide bonds. The molecule has 6 heteroatoms. The van der Waals surface area contributed by atoms with E-state index >= 15 is 0 Å². The quantitative estimate of drug-likeness (QED) is 0.553. The van der Waals surface area contributed by atoms with Gasteiger partial charge in [0.2, 0.25) is 0 Å². The van der Waals surface area contributed by atoms with Gasteiger partial charge >= 0.3 is 0 Å². The summed E-state index contributed by atoms with van der Waals surface area (Å²) in [5.74, 6) is -0.199. The van der Waals surface area contributed by atoms with Crippen LogP contribution in [-0.2, 0) is 6.54 Å². The van der Waals surface area contributed by atoms with Crippen LogP contribution >= 0.6 is 0 Å². The minimum absolute atomic E-state index is 0.199. The number of hydrogen-bond donors (Lipinski definition) is 2. The molecule has 0 saturated heterocycles. The first-order chi connectivity index (χ1) is 13.6. The molecule has 0 atom stereocenters. The summed E-state index contributed by atoms with van der Waals surface area (Å²) in [5, 5.41) is 10.9. The molecule has 2 aromatic carbocycles. The Balaban J connectivity index is 1.57. The number of nitrogens with zero attached hydrogens (tertiary/aromatic N) is 3. The fourth-order valence-corrected chi connectivity index (χ4v) is 3.19. The Labute approximate surface area is 163 Å². The van der Waals surface area contributed by atoms with Gasteiger partial charge in [0.05, 0.1) is 16.9 Å². The van der Waals surface area contributed by atoms with Crippen molar-refractivity contribution < 1.29 is 4.79 Å². The molecular weight excluding hydrogens is 350 g/mol. The first-order valence-electron chi connectivity index (χ1n) is 9.08. The van der Waals surface area contributed by atoms with Crippen LogP contribution in [0.2, 0.25) is 0 Å². The van der Waals surface area contributed by atoms with Gasteiger partial charge in [-0.15, -0.1) is 0 Å². The SMILES string of the molecule is Cc1[nH]nc2ncc(C(=O)Nc3ccccc3N(C)Cc3ccccc3)cc12. The Hall–Kier alpha value is -3.67. The Morgan fingerprint density at radius 3 is 2.68 bits per heavy atom. The summed E-state index contributed by atoms with van der Waals surface area (Å²) in [7, 11) is 2.01. The van der Waals surface area contributed by atoms with E-state index < -0.39 is 0 Å². The zero-order chi connectivity index (χ0) is 19.5. The topological polar surface area (TPSA) is 73.9 Å². The average molecular weight is 371 g/mol. The molecule has 0 aliphatic rings. The second kappa shape index (κ2) is 7.52. The van der Waals surface area contributed by atoms with E-state index in [-0.39, 0.29) is 5.91 Å². The van der Waals surface area contributed by atoms with E-state index in [1.165, 1.54) is 5.56 Å². The fourth-order valence-electron chi connectivity index (χ4n) is 3.19. The number of nitrogens with one attached hydrogen (secondary N) is 2.